The van der Waals surface area contributed by atoms with Gasteiger partial charge in [-0.05, 0) is 35.8 Å². The lowest BCUT2D eigenvalue weighted by Crippen LogP contribution is -2.33. The third-order valence-corrected chi connectivity index (χ3v) is 6.02. The normalized spacial score (nSPS) is 32.5. The lowest BCUT2D eigenvalue weighted by Gasteiger charge is -2.17. The molecule has 4 rings (SSSR count). The van der Waals surface area contributed by atoms with Crippen LogP contribution in [0.2, 0.25) is 10.0 Å². The van der Waals surface area contributed by atoms with Crippen molar-refractivity contribution in [1.29, 1.82) is 0 Å². The minimum absolute atomic E-state index is 0. The summed E-state index contributed by atoms with van der Waals surface area (Å²) in [4.78, 5) is 14.7. The number of nitrogens with zero attached hydrogens (tertiary/aromatic N) is 1. The summed E-state index contributed by atoms with van der Waals surface area (Å²) in [6.07, 6.45) is 0.906. The predicted octanol–water partition coefficient (Wildman–Crippen LogP) is 3.20. The maximum absolute atomic E-state index is 12.6. The molecular formula is C16H19Cl3N2O. The van der Waals surface area contributed by atoms with E-state index in [0.29, 0.717) is 27.8 Å². The smallest absolute Gasteiger partial charge is 0.226 e. The van der Waals surface area contributed by atoms with Crippen LogP contribution in [0.15, 0.2) is 18.2 Å². The summed E-state index contributed by atoms with van der Waals surface area (Å²) in [5.74, 6) is 1.97. The molecule has 0 spiro atoms. The number of nitrogens with one attached hydrogen (secondary N) is 1. The first kappa shape index (κ1) is 16.4. The topological polar surface area (TPSA) is 32.3 Å². The van der Waals surface area contributed by atoms with E-state index in [1.165, 1.54) is 0 Å². The maximum Gasteiger partial charge on any atom is 0.226 e. The zero-order valence-corrected chi connectivity index (χ0v) is 14.4. The Morgan fingerprint density at radius 1 is 1.18 bits per heavy atom. The van der Waals surface area contributed by atoms with E-state index in [-0.39, 0.29) is 24.2 Å². The van der Waals surface area contributed by atoms with Gasteiger partial charge in [-0.25, -0.2) is 0 Å². The van der Waals surface area contributed by atoms with Crippen molar-refractivity contribution < 1.29 is 4.79 Å². The highest BCUT2D eigenvalue weighted by Crippen LogP contribution is 2.52. The van der Waals surface area contributed by atoms with Crippen molar-refractivity contribution in [2.75, 3.05) is 26.2 Å². The standard InChI is InChI=1S/C16H18Cl2N2O.ClH/c17-14-3-1-2-11(15(14)18)12-4-13(12)16(21)20-7-9-5-19-6-10(9)8-20;/h1-3,9-10,12-13,19H,4-8H2;1H/t9-,10+,12?,13?;. The van der Waals surface area contributed by atoms with Crippen LogP contribution in [0.4, 0.5) is 0 Å². The van der Waals surface area contributed by atoms with E-state index in [9.17, 15) is 4.79 Å². The molecule has 1 amide bonds. The number of amides is 1. The van der Waals surface area contributed by atoms with Crippen molar-refractivity contribution >= 4 is 41.5 Å². The quantitative estimate of drug-likeness (QED) is 0.877. The minimum Gasteiger partial charge on any atom is -0.342 e. The van der Waals surface area contributed by atoms with Crippen LogP contribution >= 0.6 is 35.6 Å². The Kier molecular flexibility index (Phi) is 4.61. The number of likely N-dealkylation sites (tertiary alicyclic amines) is 1. The Morgan fingerprint density at radius 3 is 2.55 bits per heavy atom. The minimum atomic E-state index is 0. The summed E-state index contributed by atoms with van der Waals surface area (Å²) in [5, 5.41) is 4.60. The average molecular weight is 362 g/mol. The third kappa shape index (κ3) is 2.73. The molecule has 2 aliphatic heterocycles. The van der Waals surface area contributed by atoms with Gasteiger partial charge in [0.1, 0.15) is 0 Å². The lowest BCUT2D eigenvalue weighted by molar-refractivity contribution is -0.131. The molecule has 0 aromatic heterocycles. The van der Waals surface area contributed by atoms with Crippen molar-refractivity contribution in [3.8, 4) is 0 Å². The van der Waals surface area contributed by atoms with Crippen molar-refractivity contribution in [2.45, 2.75) is 12.3 Å². The molecule has 22 heavy (non-hydrogen) atoms. The van der Waals surface area contributed by atoms with Crippen LogP contribution in [0.1, 0.15) is 17.9 Å². The van der Waals surface area contributed by atoms with Gasteiger partial charge in [0, 0.05) is 32.1 Å². The van der Waals surface area contributed by atoms with Gasteiger partial charge in [-0.15, -0.1) is 12.4 Å². The Morgan fingerprint density at radius 2 is 1.86 bits per heavy atom. The molecule has 6 heteroatoms. The number of hydrogen-bond acceptors (Lipinski definition) is 2. The van der Waals surface area contributed by atoms with Crippen LogP contribution in [0, 0.1) is 17.8 Å². The van der Waals surface area contributed by atoms with Gasteiger partial charge in [0.2, 0.25) is 5.91 Å². The second-order valence-corrected chi connectivity index (χ2v) is 7.30. The molecule has 2 unspecified atom stereocenters. The molecule has 1 N–H and O–H groups in total. The summed E-state index contributed by atoms with van der Waals surface area (Å²) in [6, 6.07) is 5.70. The van der Waals surface area contributed by atoms with Crippen LogP contribution < -0.4 is 5.32 Å². The van der Waals surface area contributed by atoms with Crippen LogP contribution in [0.5, 0.6) is 0 Å². The first-order chi connectivity index (χ1) is 10.1. The third-order valence-electron chi connectivity index (χ3n) is 5.19. The number of carbonyl (C=O) groups excluding carboxylic acids is 1. The fourth-order valence-electron chi connectivity index (χ4n) is 3.89. The van der Waals surface area contributed by atoms with Crippen molar-refractivity contribution in [1.82, 2.24) is 10.2 Å². The van der Waals surface area contributed by atoms with Crippen molar-refractivity contribution in [3.05, 3.63) is 33.8 Å². The molecule has 1 aliphatic carbocycles. The summed E-state index contributed by atoms with van der Waals surface area (Å²) in [6.45, 7) is 3.96. The van der Waals surface area contributed by atoms with Gasteiger partial charge >= 0.3 is 0 Å². The summed E-state index contributed by atoms with van der Waals surface area (Å²) >= 11 is 12.3. The van der Waals surface area contributed by atoms with E-state index in [0.717, 1.165) is 38.2 Å². The summed E-state index contributed by atoms with van der Waals surface area (Å²) in [7, 11) is 0. The van der Waals surface area contributed by atoms with Gasteiger partial charge in [-0.3, -0.25) is 4.79 Å². The van der Waals surface area contributed by atoms with E-state index in [1.807, 2.05) is 12.1 Å². The van der Waals surface area contributed by atoms with Gasteiger partial charge in [0.05, 0.1) is 10.0 Å². The Labute approximate surface area is 146 Å². The van der Waals surface area contributed by atoms with E-state index >= 15 is 0 Å². The Hall–Kier alpha value is -0.480. The molecule has 2 saturated heterocycles. The number of fused-ring (bicyclic) bond motifs is 1. The fraction of sp³-hybridized carbons (Fsp3) is 0.562. The zero-order valence-electron chi connectivity index (χ0n) is 12.1. The summed E-state index contributed by atoms with van der Waals surface area (Å²) in [5.41, 5.74) is 1.03. The lowest BCUT2D eigenvalue weighted by atomic mass is 10.0. The first-order valence-electron chi connectivity index (χ1n) is 7.58. The van der Waals surface area contributed by atoms with Gasteiger partial charge in [-0.2, -0.15) is 0 Å². The SMILES string of the molecule is Cl.O=C(C1CC1c1cccc(Cl)c1Cl)N1C[C@H]2CNC[C@H]2C1. The van der Waals surface area contributed by atoms with Crippen LogP contribution in [0.25, 0.3) is 0 Å². The monoisotopic (exact) mass is 360 g/mol. The molecule has 4 atom stereocenters. The van der Waals surface area contributed by atoms with Crippen molar-refractivity contribution in [3.63, 3.8) is 0 Å². The molecule has 2 heterocycles. The summed E-state index contributed by atoms with van der Waals surface area (Å²) < 4.78 is 0. The maximum atomic E-state index is 12.6. The van der Waals surface area contributed by atoms with Gasteiger partial charge in [0.15, 0.2) is 0 Å². The molecule has 3 fully saturated rings. The van der Waals surface area contributed by atoms with E-state index < -0.39 is 0 Å². The van der Waals surface area contributed by atoms with E-state index in [2.05, 4.69) is 10.2 Å². The fourth-order valence-corrected chi connectivity index (χ4v) is 4.34. The molecule has 0 radical (unpaired) electrons. The Bertz CT molecular complexity index is 583. The molecule has 3 aliphatic rings. The van der Waals surface area contributed by atoms with Crippen molar-refractivity contribution in [2.24, 2.45) is 17.8 Å². The highest BCUT2D eigenvalue weighted by atomic mass is 35.5. The zero-order chi connectivity index (χ0) is 14.6. The average Bonchev–Trinajstić information content (AvgIpc) is 2.95. The largest absolute Gasteiger partial charge is 0.342 e. The second-order valence-electron chi connectivity index (χ2n) is 6.51. The van der Waals surface area contributed by atoms with Crippen LogP contribution in [-0.4, -0.2) is 37.0 Å². The molecule has 1 aromatic carbocycles. The second kappa shape index (κ2) is 6.20. The number of benzene rings is 1. The number of carbonyl (C=O) groups is 1. The Balaban J connectivity index is 0.00000144. The molecule has 1 saturated carbocycles. The number of rotatable bonds is 2. The molecule has 3 nitrogen and oxygen atoms in total. The van der Waals surface area contributed by atoms with Crippen LogP contribution in [-0.2, 0) is 4.79 Å². The molecule has 0 bridgehead atoms. The molecular weight excluding hydrogens is 343 g/mol. The molecule has 120 valence electrons. The van der Waals surface area contributed by atoms with Gasteiger partial charge in [-0.1, -0.05) is 35.3 Å². The molecule has 1 aromatic rings. The highest BCUT2D eigenvalue weighted by Gasteiger charge is 2.49. The van der Waals surface area contributed by atoms with E-state index in [4.69, 9.17) is 23.2 Å². The van der Waals surface area contributed by atoms with E-state index in [1.54, 1.807) is 6.07 Å². The first-order valence-corrected chi connectivity index (χ1v) is 8.34. The number of hydrogen-bond donors (Lipinski definition) is 1. The van der Waals surface area contributed by atoms with Crippen LogP contribution in [0.3, 0.4) is 0 Å². The number of halogens is 3. The highest BCUT2D eigenvalue weighted by molar-refractivity contribution is 6.42. The van der Waals surface area contributed by atoms with Gasteiger partial charge < -0.3 is 10.2 Å². The van der Waals surface area contributed by atoms with Gasteiger partial charge in [0.25, 0.3) is 0 Å². The predicted molar refractivity (Wildman–Crippen MR) is 91.0 cm³/mol.